The number of thioether (sulfide) groups is 1. The van der Waals surface area contributed by atoms with Crippen LogP contribution in [0, 0.1) is 0 Å². The van der Waals surface area contributed by atoms with Crippen LogP contribution in [0.5, 0.6) is 0 Å². The molecule has 0 spiro atoms. The summed E-state index contributed by atoms with van der Waals surface area (Å²) < 4.78 is 5.46. The van der Waals surface area contributed by atoms with Crippen molar-refractivity contribution in [2.75, 3.05) is 0 Å². The van der Waals surface area contributed by atoms with Gasteiger partial charge in [0.1, 0.15) is 18.3 Å². The molecule has 1 unspecified atom stereocenters. The van der Waals surface area contributed by atoms with Crippen molar-refractivity contribution < 1.29 is 14.3 Å². The molecule has 3 nitrogen and oxygen atoms in total. The number of carbonyl (C=O) groups excluding carboxylic acids is 2. The minimum atomic E-state index is -0.469. The zero-order valence-corrected chi connectivity index (χ0v) is 14.2. The quantitative estimate of drug-likeness (QED) is 0.270. The summed E-state index contributed by atoms with van der Waals surface area (Å²) in [5.74, 6) is -0.651. The average Bonchev–Trinajstić information content (AvgIpc) is 2.46. The van der Waals surface area contributed by atoms with Gasteiger partial charge in [-0.05, 0) is 31.9 Å². The van der Waals surface area contributed by atoms with E-state index in [1.807, 2.05) is 30.3 Å². The Morgan fingerprint density at radius 3 is 2.50 bits per heavy atom. The summed E-state index contributed by atoms with van der Waals surface area (Å²) in [6.07, 6.45) is 3.40. The Morgan fingerprint density at radius 1 is 1.23 bits per heavy atom. The number of unbranched alkanes of at least 4 members (excludes halogenated alkanes) is 2. The number of rotatable bonds is 10. The molecule has 0 bridgehead atoms. The number of esters is 1. The van der Waals surface area contributed by atoms with Gasteiger partial charge in [-0.25, -0.2) is 0 Å². The number of carbonyl (C=O) groups is 2. The molecule has 22 heavy (non-hydrogen) atoms. The predicted molar refractivity (Wildman–Crippen MR) is 90.8 cm³/mol. The molecule has 0 saturated heterocycles. The van der Waals surface area contributed by atoms with Crippen LogP contribution in [-0.4, -0.2) is 17.9 Å². The summed E-state index contributed by atoms with van der Waals surface area (Å²) in [5, 5.41) is 0. The van der Waals surface area contributed by atoms with Gasteiger partial charge in [-0.3, -0.25) is 9.59 Å². The van der Waals surface area contributed by atoms with Crippen molar-refractivity contribution in [2.24, 2.45) is 0 Å². The van der Waals surface area contributed by atoms with E-state index in [9.17, 15) is 9.59 Å². The Kier molecular flexibility index (Phi) is 8.60. The maximum absolute atomic E-state index is 11.8. The molecule has 0 aliphatic rings. The lowest BCUT2D eigenvalue weighted by atomic mass is 10.1. The number of hydrogen-bond acceptors (Lipinski definition) is 4. The maximum atomic E-state index is 11.8. The molecule has 0 aromatic heterocycles. The van der Waals surface area contributed by atoms with Gasteiger partial charge < -0.3 is 4.74 Å². The smallest absolute Gasteiger partial charge is 0.313 e. The van der Waals surface area contributed by atoms with Gasteiger partial charge >= 0.3 is 5.97 Å². The minimum absolute atomic E-state index is 0.173. The van der Waals surface area contributed by atoms with Crippen LogP contribution in [0.3, 0.4) is 0 Å². The number of benzene rings is 1. The van der Waals surface area contributed by atoms with Crippen LogP contribution in [0.15, 0.2) is 46.7 Å². The zero-order chi connectivity index (χ0) is 16.4. The van der Waals surface area contributed by atoms with Gasteiger partial charge in [0.15, 0.2) is 0 Å². The van der Waals surface area contributed by atoms with Crippen LogP contribution >= 0.6 is 11.8 Å². The third-order valence-corrected chi connectivity index (χ3v) is 4.12. The standard InChI is InChI=1S/C18H24O3S/c1-4-5-7-12-17(21-18(20)13-14(2)19)15(3)22-16-10-8-6-9-11-16/h6,8-11,17H,3-5,7,12-13H2,1-2H3. The number of Topliss-reactive ketones (excluding diaryl/α,β-unsaturated/α-hetero) is 1. The van der Waals surface area contributed by atoms with E-state index in [0.717, 1.165) is 35.5 Å². The van der Waals surface area contributed by atoms with Crippen molar-refractivity contribution >= 4 is 23.5 Å². The van der Waals surface area contributed by atoms with Crippen molar-refractivity contribution in [3.63, 3.8) is 0 Å². The molecule has 120 valence electrons. The Labute approximate surface area is 137 Å². The van der Waals surface area contributed by atoms with E-state index in [1.54, 1.807) is 0 Å². The second kappa shape index (κ2) is 10.2. The van der Waals surface area contributed by atoms with E-state index in [-0.39, 0.29) is 18.3 Å². The van der Waals surface area contributed by atoms with Crippen LogP contribution in [-0.2, 0) is 14.3 Å². The topological polar surface area (TPSA) is 43.4 Å². The number of ketones is 1. The van der Waals surface area contributed by atoms with Crippen molar-refractivity contribution in [1.29, 1.82) is 0 Å². The molecule has 1 atom stereocenters. The van der Waals surface area contributed by atoms with Crippen LogP contribution in [0.4, 0.5) is 0 Å². The van der Waals surface area contributed by atoms with Crippen LogP contribution in [0.1, 0.15) is 46.0 Å². The normalized spacial score (nSPS) is 11.7. The summed E-state index contributed by atoms with van der Waals surface area (Å²) in [5.41, 5.74) is 0. The van der Waals surface area contributed by atoms with Gasteiger partial charge in [-0.2, -0.15) is 0 Å². The third-order valence-electron chi connectivity index (χ3n) is 3.09. The first-order chi connectivity index (χ1) is 10.5. The molecule has 1 aromatic rings. The fourth-order valence-electron chi connectivity index (χ4n) is 1.97. The molecule has 0 heterocycles. The third kappa shape index (κ3) is 7.46. The molecule has 4 heteroatoms. The summed E-state index contributed by atoms with van der Waals surface area (Å²) in [4.78, 5) is 24.7. The van der Waals surface area contributed by atoms with Gasteiger partial charge in [0.05, 0.1) is 0 Å². The van der Waals surface area contributed by atoms with E-state index >= 15 is 0 Å². The lowest BCUT2D eigenvalue weighted by Gasteiger charge is -2.19. The molecule has 1 aromatic carbocycles. The van der Waals surface area contributed by atoms with Crippen molar-refractivity contribution in [2.45, 2.75) is 57.0 Å². The van der Waals surface area contributed by atoms with Gasteiger partial charge in [0, 0.05) is 9.80 Å². The number of ether oxygens (including phenoxy) is 1. The van der Waals surface area contributed by atoms with E-state index in [2.05, 4.69) is 13.5 Å². The largest absolute Gasteiger partial charge is 0.457 e. The SMILES string of the molecule is C=C(Sc1ccccc1)C(CCCCC)OC(=O)CC(C)=O. The Bertz CT molecular complexity index is 496. The Balaban J connectivity index is 2.64. The van der Waals surface area contributed by atoms with E-state index < -0.39 is 5.97 Å². The molecule has 0 fully saturated rings. The molecular formula is C18H24O3S. The molecule has 0 saturated carbocycles. The Hall–Kier alpha value is -1.55. The fraction of sp³-hybridized carbons (Fsp3) is 0.444. The Morgan fingerprint density at radius 2 is 1.91 bits per heavy atom. The summed E-state index contributed by atoms with van der Waals surface area (Å²) >= 11 is 1.51. The summed E-state index contributed by atoms with van der Waals surface area (Å²) in [6.45, 7) is 7.58. The highest BCUT2D eigenvalue weighted by molar-refractivity contribution is 8.03. The summed E-state index contributed by atoms with van der Waals surface area (Å²) in [6, 6.07) is 9.87. The second-order valence-electron chi connectivity index (χ2n) is 5.23. The maximum Gasteiger partial charge on any atom is 0.313 e. The lowest BCUT2D eigenvalue weighted by Crippen LogP contribution is -2.20. The van der Waals surface area contributed by atoms with Crippen LogP contribution in [0.2, 0.25) is 0 Å². The average molecular weight is 320 g/mol. The highest BCUT2D eigenvalue weighted by Crippen LogP contribution is 2.31. The molecule has 0 aliphatic heterocycles. The second-order valence-corrected chi connectivity index (χ2v) is 6.43. The first-order valence-corrected chi connectivity index (χ1v) is 8.45. The van der Waals surface area contributed by atoms with E-state index in [0.29, 0.717) is 0 Å². The van der Waals surface area contributed by atoms with Gasteiger partial charge in [0.2, 0.25) is 0 Å². The highest BCUT2D eigenvalue weighted by atomic mass is 32.2. The van der Waals surface area contributed by atoms with Gasteiger partial charge in [-0.1, -0.05) is 56.3 Å². The molecule has 0 amide bonds. The zero-order valence-electron chi connectivity index (χ0n) is 13.3. The minimum Gasteiger partial charge on any atom is -0.457 e. The van der Waals surface area contributed by atoms with Crippen LogP contribution < -0.4 is 0 Å². The van der Waals surface area contributed by atoms with Crippen molar-refractivity contribution in [3.8, 4) is 0 Å². The van der Waals surface area contributed by atoms with Gasteiger partial charge in [0.25, 0.3) is 0 Å². The van der Waals surface area contributed by atoms with E-state index in [1.165, 1.54) is 18.7 Å². The molecular weight excluding hydrogens is 296 g/mol. The first-order valence-electron chi connectivity index (χ1n) is 7.63. The first kappa shape index (κ1) is 18.5. The molecule has 0 N–H and O–H groups in total. The van der Waals surface area contributed by atoms with Crippen molar-refractivity contribution in [3.05, 3.63) is 41.8 Å². The predicted octanol–water partition coefficient (Wildman–Crippen LogP) is 4.76. The van der Waals surface area contributed by atoms with Crippen LogP contribution in [0.25, 0.3) is 0 Å². The van der Waals surface area contributed by atoms with Gasteiger partial charge in [-0.15, -0.1) is 0 Å². The molecule has 0 aliphatic carbocycles. The van der Waals surface area contributed by atoms with E-state index in [4.69, 9.17) is 4.74 Å². The monoisotopic (exact) mass is 320 g/mol. The lowest BCUT2D eigenvalue weighted by molar-refractivity contribution is -0.149. The summed E-state index contributed by atoms with van der Waals surface area (Å²) in [7, 11) is 0. The fourth-order valence-corrected chi connectivity index (χ4v) is 2.87. The highest BCUT2D eigenvalue weighted by Gasteiger charge is 2.19. The molecule has 1 rings (SSSR count). The van der Waals surface area contributed by atoms with Crippen molar-refractivity contribution in [1.82, 2.24) is 0 Å². The number of hydrogen-bond donors (Lipinski definition) is 0. The molecule has 0 radical (unpaired) electrons.